The van der Waals surface area contributed by atoms with E-state index in [0.29, 0.717) is 19.6 Å². The van der Waals surface area contributed by atoms with Crippen LogP contribution in [0.25, 0.3) is 11.8 Å². The fourth-order valence-corrected chi connectivity index (χ4v) is 6.52. The van der Waals surface area contributed by atoms with Crippen molar-refractivity contribution in [2.45, 2.75) is 25.8 Å². The second-order valence-electron chi connectivity index (χ2n) is 9.08. The third-order valence-corrected chi connectivity index (χ3v) is 8.42. The summed E-state index contributed by atoms with van der Waals surface area (Å²) >= 11 is 4.76. The summed E-state index contributed by atoms with van der Waals surface area (Å²) in [5.74, 6) is 0.370. The highest BCUT2D eigenvalue weighted by Gasteiger charge is 2.32. The van der Waals surface area contributed by atoms with Gasteiger partial charge < -0.3 is 9.84 Å². The molecule has 7 heteroatoms. The van der Waals surface area contributed by atoms with E-state index in [-0.39, 0.29) is 17.4 Å². The summed E-state index contributed by atoms with van der Waals surface area (Å²) in [7, 11) is 1.50. The Morgan fingerprint density at radius 2 is 1.92 bits per heavy atom. The van der Waals surface area contributed by atoms with Crippen LogP contribution in [0, 0.1) is 6.92 Å². The van der Waals surface area contributed by atoms with E-state index in [1.807, 2.05) is 10.6 Å². The summed E-state index contributed by atoms with van der Waals surface area (Å²) in [5.41, 5.74) is 7.57. The van der Waals surface area contributed by atoms with Crippen molar-refractivity contribution in [3.8, 4) is 11.5 Å². The summed E-state index contributed by atoms with van der Waals surface area (Å²) in [6, 6.07) is 20.2. The van der Waals surface area contributed by atoms with E-state index >= 15 is 0 Å². The summed E-state index contributed by atoms with van der Waals surface area (Å²) in [5, 5.41) is 10.2. The first kappa shape index (κ1) is 23.0. The van der Waals surface area contributed by atoms with Crippen LogP contribution in [0.4, 0.5) is 0 Å². The molecule has 0 fully saturated rings. The Kier molecular flexibility index (Phi) is 5.69. The van der Waals surface area contributed by atoms with Gasteiger partial charge in [0.05, 0.1) is 27.9 Å². The van der Waals surface area contributed by atoms with E-state index in [4.69, 9.17) is 9.73 Å². The minimum atomic E-state index is -0.201. The molecule has 0 saturated heterocycles. The largest absolute Gasteiger partial charge is 0.503 e. The molecule has 1 aromatic heterocycles. The van der Waals surface area contributed by atoms with Crippen LogP contribution in [0.3, 0.4) is 0 Å². The van der Waals surface area contributed by atoms with Crippen LogP contribution in [-0.2, 0) is 6.42 Å². The van der Waals surface area contributed by atoms with E-state index in [2.05, 4.69) is 71.4 Å². The monoisotopic (exact) mass is 558 g/mol. The molecule has 3 aromatic carbocycles. The molecular weight excluding hydrogens is 536 g/mol. The van der Waals surface area contributed by atoms with E-state index in [9.17, 15) is 9.90 Å². The molecule has 0 amide bonds. The van der Waals surface area contributed by atoms with Crippen molar-refractivity contribution < 1.29 is 9.84 Å². The maximum atomic E-state index is 13.9. The highest BCUT2D eigenvalue weighted by atomic mass is 79.9. The van der Waals surface area contributed by atoms with Crippen LogP contribution in [0.1, 0.15) is 40.3 Å². The lowest BCUT2D eigenvalue weighted by molar-refractivity contribution is 0.372. The number of allylic oxidation sites excluding steroid dienone is 1. The Balaban J connectivity index is 1.61. The molecule has 1 unspecified atom stereocenters. The number of phenols is 1. The van der Waals surface area contributed by atoms with Gasteiger partial charge in [0.25, 0.3) is 5.56 Å². The Morgan fingerprint density at radius 1 is 1.14 bits per heavy atom. The number of methoxy groups -OCH3 is 1. The van der Waals surface area contributed by atoms with Crippen molar-refractivity contribution in [1.29, 1.82) is 0 Å². The Bertz CT molecular complexity index is 1730. The molecular formula is C29H23BrN2O3S. The molecule has 0 radical (unpaired) electrons. The average molecular weight is 559 g/mol. The molecule has 1 atom stereocenters. The van der Waals surface area contributed by atoms with Gasteiger partial charge in [-0.15, -0.1) is 0 Å². The normalized spacial score (nSPS) is 16.8. The number of benzene rings is 3. The van der Waals surface area contributed by atoms with Crippen molar-refractivity contribution in [2.24, 2.45) is 4.99 Å². The van der Waals surface area contributed by atoms with Crippen LogP contribution in [0.5, 0.6) is 11.5 Å². The first-order valence-corrected chi connectivity index (χ1v) is 13.3. The number of halogens is 1. The number of nitrogens with zero attached hydrogens (tertiary/aromatic N) is 2. The first-order chi connectivity index (χ1) is 17.4. The molecule has 180 valence electrons. The zero-order valence-corrected chi connectivity index (χ0v) is 22.2. The maximum Gasteiger partial charge on any atom is 0.271 e. The first-order valence-electron chi connectivity index (χ1n) is 11.7. The van der Waals surface area contributed by atoms with Gasteiger partial charge in [0.2, 0.25) is 0 Å². The van der Waals surface area contributed by atoms with Gasteiger partial charge >= 0.3 is 0 Å². The third kappa shape index (κ3) is 3.74. The fraction of sp³-hybridized carbons (Fsp3) is 0.172. The number of rotatable bonds is 3. The summed E-state index contributed by atoms with van der Waals surface area (Å²) in [6.45, 7) is 2.07. The second-order valence-corrected chi connectivity index (χ2v) is 10.9. The Labute approximate surface area is 220 Å². The van der Waals surface area contributed by atoms with Crippen LogP contribution < -0.4 is 19.6 Å². The zero-order valence-electron chi connectivity index (χ0n) is 19.8. The number of hydrogen-bond donors (Lipinski definition) is 1. The van der Waals surface area contributed by atoms with Gasteiger partial charge in [-0.25, -0.2) is 4.99 Å². The number of ether oxygens (including phenoxy) is 1. The molecule has 1 aliphatic heterocycles. The van der Waals surface area contributed by atoms with Crippen molar-refractivity contribution in [2.75, 3.05) is 7.11 Å². The smallest absolute Gasteiger partial charge is 0.271 e. The molecule has 2 heterocycles. The number of phenolic OH excluding ortho intramolecular Hbond substituents is 1. The SMILES string of the molecule is COc1cc(C=c2sc3n(c2=O)C(c2ccc(C)cc2)C2=C(N=3)c3ccccc3CC2)cc(Br)c1O. The highest BCUT2D eigenvalue weighted by Crippen LogP contribution is 2.41. The predicted octanol–water partition coefficient (Wildman–Crippen LogP) is 5.10. The van der Waals surface area contributed by atoms with Gasteiger partial charge in [0, 0.05) is 5.56 Å². The Hall–Kier alpha value is -3.42. The van der Waals surface area contributed by atoms with Crippen molar-refractivity contribution in [1.82, 2.24) is 4.57 Å². The summed E-state index contributed by atoms with van der Waals surface area (Å²) in [4.78, 5) is 19.6. The topological polar surface area (TPSA) is 63.8 Å². The lowest BCUT2D eigenvalue weighted by atomic mass is 9.83. The summed E-state index contributed by atoms with van der Waals surface area (Å²) < 4.78 is 8.23. The van der Waals surface area contributed by atoms with Crippen molar-refractivity contribution in [3.63, 3.8) is 0 Å². The lowest BCUT2D eigenvalue weighted by Gasteiger charge is -2.30. The van der Waals surface area contributed by atoms with Gasteiger partial charge in [0.1, 0.15) is 0 Å². The minimum Gasteiger partial charge on any atom is -0.503 e. The number of fused-ring (bicyclic) bond motifs is 3. The standard InChI is InChI=1S/C29H23BrN2O3S/c1-16-7-9-19(10-8-16)26-21-12-11-18-5-3-4-6-20(18)25(21)31-29-32(26)28(34)24(36-29)15-17-13-22(30)27(33)23(14-17)35-2/h3-10,13-15,26,33H,11-12H2,1-2H3. The molecule has 0 saturated carbocycles. The predicted molar refractivity (Wildman–Crippen MR) is 146 cm³/mol. The third-order valence-electron chi connectivity index (χ3n) is 6.83. The minimum absolute atomic E-state index is 0.0295. The van der Waals surface area contributed by atoms with E-state index < -0.39 is 0 Å². The molecule has 36 heavy (non-hydrogen) atoms. The zero-order chi connectivity index (χ0) is 25.0. The highest BCUT2D eigenvalue weighted by molar-refractivity contribution is 9.10. The maximum absolute atomic E-state index is 13.9. The van der Waals surface area contributed by atoms with Crippen LogP contribution in [0.2, 0.25) is 0 Å². The Morgan fingerprint density at radius 3 is 2.69 bits per heavy atom. The molecule has 6 rings (SSSR count). The quantitative estimate of drug-likeness (QED) is 0.380. The number of thiazole rings is 1. The average Bonchev–Trinajstić information content (AvgIpc) is 3.19. The van der Waals surface area contributed by atoms with Crippen LogP contribution in [0.15, 0.2) is 80.5 Å². The molecule has 0 bridgehead atoms. The molecule has 4 aromatic rings. The molecule has 2 aliphatic rings. The van der Waals surface area contributed by atoms with Gasteiger partial charge in [-0.2, -0.15) is 0 Å². The number of hydrogen-bond acceptors (Lipinski definition) is 5. The molecule has 5 nitrogen and oxygen atoms in total. The molecule has 0 spiro atoms. The van der Waals surface area contributed by atoms with Crippen LogP contribution >= 0.6 is 27.3 Å². The van der Waals surface area contributed by atoms with Crippen LogP contribution in [-0.4, -0.2) is 16.8 Å². The van der Waals surface area contributed by atoms with Crippen molar-refractivity contribution >= 4 is 39.0 Å². The van der Waals surface area contributed by atoms with Gasteiger partial charge in [-0.1, -0.05) is 65.4 Å². The number of aromatic nitrogens is 1. The number of aromatic hydroxyl groups is 1. The van der Waals surface area contributed by atoms with E-state index in [1.54, 1.807) is 12.1 Å². The van der Waals surface area contributed by atoms with E-state index in [0.717, 1.165) is 35.2 Å². The molecule has 1 aliphatic carbocycles. The van der Waals surface area contributed by atoms with Crippen molar-refractivity contribution in [3.05, 3.63) is 118 Å². The number of aryl methyl sites for hydroxylation is 2. The fourth-order valence-electron chi connectivity index (χ4n) is 5.06. The second kappa shape index (κ2) is 8.91. The van der Waals surface area contributed by atoms with Gasteiger partial charge in [-0.3, -0.25) is 9.36 Å². The lowest BCUT2D eigenvalue weighted by Crippen LogP contribution is -2.38. The summed E-state index contributed by atoms with van der Waals surface area (Å²) in [6.07, 6.45) is 3.62. The van der Waals surface area contributed by atoms with Gasteiger partial charge in [-0.05, 0) is 76.2 Å². The molecule has 1 N–H and O–H groups in total. The van der Waals surface area contributed by atoms with Gasteiger partial charge in [0.15, 0.2) is 16.3 Å². The van der Waals surface area contributed by atoms with E-state index in [1.165, 1.54) is 35.1 Å².